The van der Waals surface area contributed by atoms with Gasteiger partial charge in [0, 0.05) is 0 Å². The molecule has 0 aromatic heterocycles. The van der Waals surface area contributed by atoms with E-state index in [-0.39, 0.29) is 23.0 Å². The number of hydrogen-bond acceptors (Lipinski definition) is 1. The van der Waals surface area contributed by atoms with E-state index in [1.165, 1.54) is 30.3 Å². The van der Waals surface area contributed by atoms with Crippen LogP contribution in [0.1, 0.15) is 15.9 Å². The SMILES string of the molecule is O=Cc1c(F)cccc1-c1ccccc1C(F)(F)F. The highest BCUT2D eigenvalue weighted by molar-refractivity contribution is 5.88. The minimum Gasteiger partial charge on any atom is -0.298 e. The summed E-state index contributed by atoms with van der Waals surface area (Å²) in [5.74, 6) is -0.843. The van der Waals surface area contributed by atoms with E-state index in [1.807, 2.05) is 0 Å². The van der Waals surface area contributed by atoms with Crippen LogP contribution in [0, 0.1) is 5.82 Å². The lowest BCUT2D eigenvalue weighted by molar-refractivity contribution is -0.137. The van der Waals surface area contributed by atoms with Crippen molar-refractivity contribution in [3.8, 4) is 11.1 Å². The highest BCUT2D eigenvalue weighted by Crippen LogP contribution is 2.38. The Kier molecular flexibility index (Phi) is 3.38. The molecule has 98 valence electrons. The van der Waals surface area contributed by atoms with E-state index >= 15 is 0 Å². The van der Waals surface area contributed by atoms with Gasteiger partial charge in [0.1, 0.15) is 5.82 Å². The van der Waals surface area contributed by atoms with Crippen molar-refractivity contribution in [3.05, 3.63) is 59.4 Å². The number of carbonyl (C=O) groups excluding carboxylic acids is 1. The number of aldehydes is 1. The summed E-state index contributed by atoms with van der Waals surface area (Å²) in [6.07, 6.45) is -4.35. The van der Waals surface area contributed by atoms with Crippen LogP contribution in [0.2, 0.25) is 0 Å². The molecule has 0 aliphatic heterocycles. The number of rotatable bonds is 2. The van der Waals surface area contributed by atoms with Gasteiger partial charge in [0.2, 0.25) is 0 Å². The molecule has 0 saturated carbocycles. The van der Waals surface area contributed by atoms with E-state index in [4.69, 9.17) is 0 Å². The van der Waals surface area contributed by atoms with Crippen molar-refractivity contribution in [2.75, 3.05) is 0 Å². The van der Waals surface area contributed by atoms with Gasteiger partial charge >= 0.3 is 6.18 Å². The van der Waals surface area contributed by atoms with E-state index in [2.05, 4.69) is 0 Å². The number of halogens is 4. The number of hydrogen-bond donors (Lipinski definition) is 0. The molecule has 2 aromatic rings. The van der Waals surface area contributed by atoms with Crippen LogP contribution in [0.15, 0.2) is 42.5 Å². The Morgan fingerprint density at radius 3 is 2.16 bits per heavy atom. The highest BCUT2D eigenvalue weighted by atomic mass is 19.4. The van der Waals surface area contributed by atoms with Crippen molar-refractivity contribution < 1.29 is 22.4 Å². The van der Waals surface area contributed by atoms with Gasteiger partial charge in [-0.2, -0.15) is 13.2 Å². The van der Waals surface area contributed by atoms with Gasteiger partial charge < -0.3 is 0 Å². The van der Waals surface area contributed by atoms with E-state index in [0.717, 1.165) is 12.1 Å². The molecule has 0 radical (unpaired) electrons. The largest absolute Gasteiger partial charge is 0.417 e. The van der Waals surface area contributed by atoms with Crippen LogP contribution in [0.25, 0.3) is 11.1 Å². The first kappa shape index (κ1) is 13.3. The van der Waals surface area contributed by atoms with E-state index in [9.17, 15) is 22.4 Å². The van der Waals surface area contributed by atoms with Gasteiger partial charge in [-0.15, -0.1) is 0 Å². The minimum atomic E-state index is -4.57. The minimum absolute atomic E-state index is 0.0667. The molecule has 0 unspecified atom stereocenters. The summed E-state index contributed by atoms with van der Waals surface area (Å²) >= 11 is 0. The molecule has 0 fully saturated rings. The normalized spacial score (nSPS) is 11.4. The summed E-state index contributed by atoms with van der Waals surface area (Å²) in [5.41, 5.74) is -1.55. The number of carbonyl (C=O) groups is 1. The Balaban J connectivity index is 2.73. The van der Waals surface area contributed by atoms with Crippen molar-refractivity contribution in [1.29, 1.82) is 0 Å². The molecule has 0 heterocycles. The van der Waals surface area contributed by atoms with Crippen molar-refractivity contribution in [2.45, 2.75) is 6.18 Å². The fourth-order valence-electron chi connectivity index (χ4n) is 1.86. The third kappa shape index (κ3) is 2.50. The van der Waals surface area contributed by atoms with E-state index in [1.54, 1.807) is 0 Å². The molecule has 1 nitrogen and oxygen atoms in total. The first-order valence-corrected chi connectivity index (χ1v) is 5.35. The fraction of sp³-hybridized carbons (Fsp3) is 0.0714. The molecule has 0 N–H and O–H groups in total. The second kappa shape index (κ2) is 4.84. The van der Waals surface area contributed by atoms with Crippen molar-refractivity contribution in [3.63, 3.8) is 0 Å². The molecular weight excluding hydrogens is 260 g/mol. The molecule has 5 heteroatoms. The molecule has 0 bridgehead atoms. The second-order valence-corrected chi connectivity index (χ2v) is 3.86. The fourth-order valence-corrected chi connectivity index (χ4v) is 1.86. The molecule has 2 rings (SSSR count). The third-order valence-corrected chi connectivity index (χ3v) is 2.69. The topological polar surface area (TPSA) is 17.1 Å². The Morgan fingerprint density at radius 1 is 0.895 bits per heavy atom. The number of benzene rings is 2. The van der Waals surface area contributed by atoms with Crippen LogP contribution >= 0.6 is 0 Å². The predicted octanol–water partition coefficient (Wildman–Crippen LogP) is 4.32. The van der Waals surface area contributed by atoms with Crippen molar-refractivity contribution in [2.24, 2.45) is 0 Å². The molecule has 2 aromatic carbocycles. The van der Waals surface area contributed by atoms with E-state index in [0.29, 0.717) is 0 Å². The average Bonchev–Trinajstić information content (AvgIpc) is 2.37. The van der Waals surface area contributed by atoms with Crippen LogP contribution in [-0.2, 0) is 6.18 Å². The van der Waals surface area contributed by atoms with Gasteiger partial charge in [-0.3, -0.25) is 4.79 Å². The lowest BCUT2D eigenvalue weighted by Gasteiger charge is -2.14. The maximum atomic E-state index is 13.5. The maximum Gasteiger partial charge on any atom is 0.417 e. The summed E-state index contributed by atoms with van der Waals surface area (Å²) in [6.45, 7) is 0. The predicted molar refractivity (Wildman–Crippen MR) is 62.2 cm³/mol. The summed E-state index contributed by atoms with van der Waals surface area (Å²) in [7, 11) is 0. The van der Waals surface area contributed by atoms with Crippen molar-refractivity contribution in [1.82, 2.24) is 0 Å². The Bertz CT molecular complexity index is 617. The Morgan fingerprint density at radius 2 is 1.53 bits per heavy atom. The highest BCUT2D eigenvalue weighted by Gasteiger charge is 2.33. The first-order valence-electron chi connectivity index (χ1n) is 5.35. The quantitative estimate of drug-likeness (QED) is 0.585. The van der Waals surface area contributed by atoms with Crippen LogP contribution in [0.3, 0.4) is 0 Å². The monoisotopic (exact) mass is 268 g/mol. The third-order valence-electron chi connectivity index (χ3n) is 2.69. The van der Waals surface area contributed by atoms with Crippen LogP contribution in [-0.4, -0.2) is 6.29 Å². The van der Waals surface area contributed by atoms with Gasteiger partial charge in [-0.1, -0.05) is 30.3 Å². The molecule has 19 heavy (non-hydrogen) atoms. The van der Waals surface area contributed by atoms with Gasteiger partial charge in [0.15, 0.2) is 6.29 Å². The molecule has 0 spiro atoms. The van der Waals surface area contributed by atoms with Crippen LogP contribution in [0.4, 0.5) is 17.6 Å². The molecular formula is C14H8F4O. The van der Waals surface area contributed by atoms with Gasteiger partial charge in [-0.25, -0.2) is 4.39 Å². The van der Waals surface area contributed by atoms with Crippen LogP contribution in [0.5, 0.6) is 0 Å². The van der Waals surface area contributed by atoms with Crippen LogP contribution < -0.4 is 0 Å². The Labute approximate surface area is 106 Å². The van der Waals surface area contributed by atoms with E-state index < -0.39 is 17.6 Å². The van der Waals surface area contributed by atoms with Gasteiger partial charge in [-0.05, 0) is 23.3 Å². The maximum absolute atomic E-state index is 13.5. The summed E-state index contributed by atoms with van der Waals surface area (Å²) in [4.78, 5) is 10.9. The average molecular weight is 268 g/mol. The Hall–Kier alpha value is -2.17. The lowest BCUT2D eigenvalue weighted by atomic mass is 9.95. The molecule has 0 atom stereocenters. The molecule has 0 amide bonds. The van der Waals surface area contributed by atoms with Gasteiger partial charge in [0.05, 0.1) is 11.1 Å². The summed E-state index contributed by atoms with van der Waals surface area (Å²) in [5, 5.41) is 0. The second-order valence-electron chi connectivity index (χ2n) is 3.86. The zero-order valence-corrected chi connectivity index (χ0v) is 9.54. The first-order chi connectivity index (χ1) is 8.95. The van der Waals surface area contributed by atoms with Gasteiger partial charge in [0.25, 0.3) is 0 Å². The standard InChI is InChI=1S/C14H8F4O/c15-13-7-3-5-9(11(13)8-19)10-4-1-2-6-12(10)14(16,17)18/h1-8H. The smallest absolute Gasteiger partial charge is 0.298 e. The lowest BCUT2D eigenvalue weighted by Crippen LogP contribution is -2.07. The molecule has 0 aliphatic carbocycles. The summed E-state index contributed by atoms with van der Waals surface area (Å²) < 4.78 is 52.1. The zero-order chi connectivity index (χ0) is 14.0. The van der Waals surface area contributed by atoms with Crippen molar-refractivity contribution >= 4 is 6.29 Å². The zero-order valence-electron chi connectivity index (χ0n) is 9.54. The molecule has 0 saturated heterocycles. The molecule has 0 aliphatic rings. The summed E-state index contributed by atoms with van der Waals surface area (Å²) in [6, 6.07) is 8.35. The number of alkyl halides is 3.